The first kappa shape index (κ1) is 33.2. The molecule has 3 N–H and O–H groups in total. The fourth-order valence-corrected chi connectivity index (χ4v) is 11.1. The second-order valence-corrected chi connectivity index (χ2v) is 18.0. The number of carbonyl (C=O) groups is 3. The van der Waals surface area contributed by atoms with E-state index in [9.17, 15) is 19.5 Å². The van der Waals surface area contributed by atoms with Gasteiger partial charge >= 0.3 is 0 Å². The third-order valence-corrected chi connectivity index (χ3v) is 13.2. The molecule has 256 valence electrons. The van der Waals surface area contributed by atoms with E-state index in [2.05, 4.69) is 10.3 Å². The highest BCUT2D eigenvalue weighted by atomic mass is 28.4. The molecule has 2 fully saturated rings. The number of hydrogen-bond acceptors (Lipinski definition) is 5. The average Bonchev–Trinajstić information content (AvgIpc) is 3.83. The molecule has 0 aliphatic carbocycles. The molecule has 3 aromatic carbocycles. The van der Waals surface area contributed by atoms with Crippen molar-refractivity contribution in [2.75, 3.05) is 23.4 Å². The molecule has 0 unspecified atom stereocenters. The zero-order valence-electron chi connectivity index (χ0n) is 28.1. The molecular formula is C38H43FN4O5Si. The summed E-state index contributed by atoms with van der Waals surface area (Å²) in [6.45, 7) is 5.80. The Kier molecular flexibility index (Phi) is 8.70. The molecule has 1 aromatic heterocycles. The molecule has 4 aromatic rings. The Morgan fingerprint density at radius 2 is 1.88 bits per heavy atom. The molecule has 11 heteroatoms. The summed E-state index contributed by atoms with van der Waals surface area (Å²) in [5.41, 5.74) is 2.66. The van der Waals surface area contributed by atoms with Gasteiger partial charge in [0.15, 0.2) is 5.60 Å². The van der Waals surface area contributed by atoms with Crippen LogP contribution < -0.4 is 10.2 Å². The highest BCUT2D eigenvalue weighted by Gasteiger charge is 2.67. The number of fused-ring (bicyclic) bond motifs is 3. The van der Waals surface area contributed by atoms with E-state index in [1.165, 1.54) is 0 Å². The van der Waals surface area contributed by atoms with Gasteiger partial charge in [-0.25, -0.2) is 0 Å². The number of para-hydroxylation sites is 2. The number of nitrogens with one attached hydrogen (secondary N) is 2. The van der Waals surface area contributed by atoms with E-state index in [0.717, 1.165) is 34.9 Å². The third kappa shape index (κ3) is 5.87. The van der Waals surface area contributed by atoms with Crippen LogP contribution in [0.15, 0.2) is 79.0 Å². The summed E-state index contributed by atoms with van der Waals surface area (Å²) in [5, 5.41) is 13.8. The summed E-state index contributed by atoms with van der Waals surface area (Å²) >= 11 is 0. The quantitative estimate of drug-likeness (QED) is 0.147. The minimum atomic E-state index is -3.44. The van der Waals surface area contributed by atoms with Crippen molar-refractivity contribution in [1.29, 1.82) is 0 Å². The van der Waals surface area contributed by atoms with Crippen LogP contribution in [0.3, 0.4) is 0 Å². The van der Waals surface area contributed by atoms with Crippen molar-refractivity contribution in [2.24, 2.45) is 5.92 Å². The predicted octanol–water partition coefficient (Wildman–Crippen LogP) is 6.04. The zero-order valence-corrected chi connectivity index (χ0v) is 29.1. The van der Waals surface area contributed by atoms with Crippen molar-refractivity contribution < 1.29 is 28.3 Å². The summed E-state index contributed by atoms with van der Waals surface area (Å²) < 4.78 is 23.0. The largest absolute Gasteiger partial charge is 0.394 e. The van der Waals surface area contributed by atoms with Gasteiger partial charge < -0.3 is 34.1 Å². The van der Waals surface area contributed by atoms with Gasteiger partial charge in [0.25, 0.3) is 5.91 Å². The predicted molar refractivity (Wildman–Crippen MR) is 189 cm³/mol. The number of nitrogens with zero attached hydrogens (tertiary/aromatic N) is 2. The lowest BCUT2D eigenvalue weighted by atomic mass is 9.82. The standard InChI is InChI=1S/C38H43FN4O5Si/c1-24-36(49(2,3)39)33(20-35(46)42-17-9-12-28(42)23-44)48-38(24)30-14-5-7-16-32(30)43(37(38)47)22-25-10-8-11-27(18-25)41-34(45)19-26-21-40-31-15-6-4-13-29(26)31/h4-8,10-11,13-16,18,21,24,28,33,36,40,44H,9,12,17,19-20,22-23H2,1-3H3,(H,41,45)/t24-,28+,33+,36-,38+/m1/s1. The molecule has 3 amide bonds. The number of halogens is 1. The lowest BCUT2D eigenvalue weighted by molar-refractivity contribution is -0.150. The van der Waals surface area contributed by atoms with E-state index < -0.39 is 31.6 Å². The first-order valence-corrected chi connectivity index (χ1v) is 20.1. The number of aromatic nitrogens is 1. The highest BCUT2D eigenvalue weighted by molar-refractivity contribution is 6.72. The summed E-state index contributed by atoms with van der Waals surface area (Å²) in [5.74, 6) is -1.12. The Bertz CT molecular complexity index is 1910. The minimum Gasteiger partial charge on any atom is -0.394 e. The molecule has 49 heavy (non-hydrogen) atoms. The summed E-state index contributed by atoms with van der Waals surface area (Å²) in [4.78, 5) is 47.9. The van der Waals surface area contributed by atoms with Crippen molar-refractivity contribution in [3.8, 4) is 0 Å². The molecule has 0 saturated carbocycles. The van der Waals surface area contributed by atoms with Crippen molar-refractivity contribution >= 4 is 48.4 Å². The molecule has 3 aliphatic rings. The second kappa shape index (κ2) is 12.9. The first-order valence-electron chi connectivity index (χ1n) is 17.1. The van der Waals surface area contributed by atoms with E-state index in [0.29, 0.717) is 23.5 Å². The van der Waals surface area contributed by atoms with Crippen LogP contribution in [0, 0.1) is 5.92 Å². The summed E-state index contributed by atoms with van der Waals surface area (Å²) in [7, 11) is -3.44. The highest BCUT2D eigenvalue weighted by Crippen LogP contribution is 2.60. The van der Waals surface area contributed by atoms with Crippen molar-refractivity contribution in [2.45, 2.75) is 75.5 Å². The van der Waals surface area contributed by atoms with Gasteiger partial charge in [-0.1, -0.05) is 55.5 Å². The van der Waals surface area contributed by atoms with Crippen molar-refractivity contribution in [1.82, 2.24) is 9.88 Å². The Hall–Kier alpha value is -4.32. The van der Waals surface area contributed by atoms with Crippen LogP contribution in [0.4, 0.5) is 15.5 Å². The van der Waals surface area contributed by atoms with Crippen molar-refractivity contribution in [3.63, 3.8) is 0 Å². The van der Waals surface area contributed by atoms with Gasteiger partial charge in [0, 0.05) is 46.4 Å². The lowest BCUT2D eigenvalue weighted by Gasteiger charge is -2.31. The number of aromatic amines is 1. The first-order chi connectivity index (χ1) is 23.5. The maximum atomic E-state index is 16.2. The van der Waals surface area contributed by atoms with E-state index in [4.69, 9.17) is 4.74 Å². The molecule has 4 heterocycles. The van der Waals surface area contributed by atoms with Gasteiger partial charge in [0.2, 0.25) is 20.2 Å². The SMILES string of the molecule is C[C@@H]1[C@@H]([Si](C)(C)F)[C@H](CC(=O)N2CCC[C@H]2CO)O[C@@]12C(=O)N(Cc1cccc(NC(=O)Cc3c[nH]c4ccccc34)c1)c1ccccc12. The number of benzene rings is 3. The Balaban J connectivity index is 1.13. The van der Waals surface area contributed by atoms with Gasteiger partial charge in [-0.2, -0.15) is 0 Å². The number of ether oxygens (including phenoxy) is 1. The van der Waals surface area contributed by atoms with E-state index in [1.807, 2.05) is 85.9 Å². The fraction of sp³-hybridized carbons (Fsp3) is 0.395. The fourth-order valence-electron chi connectivity index (χ4n) is 8.59. The van der Waals surface area contributed by atoms with E-state index >= 15 is 4.11 Å². The number of carbonyl (C=O) groups excluding carboxylic acids is 3. The smallest absolute Gasteiger partial charge is 0.264 e. The van der Waals surface area contributed by atoms with Crippen molar-refractivity contribution in [3.05, 3.63) is 95.7 Å². The zero-order chi connectivity index (χ0) is 34.5. The molecule has 3 aliphatic heterocycles. The number of likely N-dealkylation sites (tertiary alicyclic amines) is 1. The van der Waals surface area contributed by atoms with Gasteiger partial charge in [-0.05, 0) is 61.3 Å². The van der Waals surface area contributed by atoms with Crippen LogP contribution in [0.2, 0.25) is 18.6 Å². The lowest BCUT2D eigenvalue weighted by Crippen LogP contribution is -2.45. The Labute approximate surface area is 286 Å². The monoisotopic (exact) mass is 682 g/mol. The third-order valence-electron chi connectivity index (χ3n) is 10.7. The van der Waals surface area contributed by atoms with Gasteiger partial charge in [0.05, 0.1) is 43.8 Å². The number of H-pyrrole nitrogens is 1. The van der Waals surface area contributed by atoms with E-state index in [1.54, 1.807) is 22.9 Å². The normalized spacial score (nSPS) is 25.0. The molecule has 9 nitrogen and oxygen atoms in total. The molecular weight excluding hydrogens is 640 g/mol. The van der Waals surface area contributed by atoms with Crippen LogP contribution in [0.25, 0.3) is 10.9 Å². The summed E-state index contributed by atoms with van der Waals surface area (Å²) in [6, 6.07) is 22.5. The maximum Gasteiger partial charge on any atom is 0.264 e. The molecule has 0 radical (unpaired) electrons. The van der Waals surface area contributed by atoms with E-state index in [-0.39, 0.29) is 49.8 Å². The number of anilines is 2. The van der Waals surface area contributed by atoms with Crippen LogP contribution in [0.1, 0.15) is 42.9 Å². The minimum absolute atomic E-state index is 0.0383. The number of amides is 3. The summed E-state index contributed by atoms with van der Waals surface area (Å²) in [6.07, 6.45) is 2.79. The molecule has 1 spiro atoms. The molecule has 2 saturated heterocycles. The second-order valence-electron chi connectivity index (χ2n) is 14.2. The number of hydrogen-bond donors (Lipinski definition) is 3. The van der Waals surface area contributed by atoms with Gasteiger partial charge in [-0.3, -0.25) is 14.4 Å². The van der Waals surface area contributed by atoms with Crippen LogP contribution >= 0.6 is 0 Å². The average molecular weight is 683 g/mol. The van der Waals surface area contributed by atoms with Crippen LogP contribution in [-0.2, 0) is 37.7 Å². The number of rotatable bonds is 9. The number of aliphatic hydroxyl groups excluding tert-OH is 1. The number of aliphatic hydroxyl groups is 1. The molecule has 5 atom stereocenters. The van der Waals surface area contributed by atoms with Gasteiger partial charge in [0.1, 0.15) is 0 Å². The maximum absolute atomic E-state index is 16.2. The Morgan fingerprint density at radius 1 is 1.10 bits per heavy atom. The molecule has 7 rings (SSSR count). The van der Waals surface area contributed by atoms with Crippen LogP contribution in [0.5, 0.6) is 0 Å². The topological polar surface area (TPSA) is 115 Å². The van der Waals surface area contributed by atoms with Gasteiger partial charge in [-0.15, -0.1) is 0 Å². The van der Waals surface area contributed by atoms with Crippen LogP contribution in [-0.4, -0.2) is 66.4 Å². The Morgan fingerprint density at radius 3 is 2.67 bits per heavy atom. The molecule has 0 bridgehead atoms.